The van der Waals surface area contributed by atoms with Crippen molar-refractivity contribution in [3.63, 3.8) is 0 Å². The van der Waals surface area contributed by atoms with Gasteiger partial charge in [-0.05, 0) is 51.3 Å². The number of thiazole rings is 1. The Labute approximate surface area is 239 Å². The maximum atomic E-state index is 13.8. The van der Waals surface area contributed by atoms with Gasteiger partial charge in [-0.25, -0.2) is 13.4 Å². The number of benzene rings is 2. The minimum Gasteiger partial charge on any atom is -0.486 e. The fourth-order valence-corrected chi connectivity index (χ4v) is 6.62. The molecule has 0 fully saturated rings. The molecule has 1 amide bonds. The van der Waals surface area contributed by atoms with Crippen molar-refractivity contribution in [3.05, 3.63) is 42.0 Å². The number of aromatic nitrogens is 1. The summed E-state index contributed by atoms with van der Waals surface area (Å²) in [5.74, 6) is 1.05. The minimum atomic E-state index is -3.80. The third-order valence-electron chi connectivity index (χ3n) is 6.33. The molecule has 0 saturated heterocycles. The fraction of sp³-hybridized carbons (Fsp3) is 0.481. The summed E-state index contributed by atoms with van der Waals surface area (Å²) in [6, 6.07) is 9.76. The van der Waals surface area contributed by atoms with E-state index in [1.807, 2.05) is 26.2 Å². The van der Waals surface area contributed by atoms with Crippen LogP contribution >= 0.6 is 11.3 Å². The molecule has 1 aliphatic rings. The van der Waals surface area contributed by atoms with Gasteiger partial charge >= 0.3 is 0 Å². The predicted molar refractivity (Wildman–Crippen MR) is 154 cm³/mol. The molecule has 40 heavy (non-hydrogen) atoms. The molecular weight excluding hydrogens is 556 g/mol. The molecule has 0 N–H and O–H groups in total. The van der Waals surface area contributed by atoms with E-state index < -0.39 is 10.0 Å². The molecule has 0 spiro atoms. The molecule has 1 aliphatic heterocycles. The van der Waals surface area contributed by atoms with Crippen molar-refractivity contribution in [2.24, 2.45) is 0 Å². The number of methoxy groups -OCH3 is 2. The molecule has 218 valence electrons. The number of fused-ring (bicyclic) bond motifs is 2. The van der Waals surface area contributed by atoms with Crippen molar-refractivity contribution >= 4 is 42.6 Å². The number of ether oxygens (including phenoxy) is 4. The zero-order valence-corrected chi connectivity index (χ0v) is 24.9. The zero-order chi connectivity index (χ0) is 28.7. The van der Waals surface area contributed by atoms with Crippen LogP contribution in [-0.4, -0.2) is 109 Å². The SMILES string of the molecule is COCCN(CCOC)S(=O)(=O)c1ccc(C(=O)N(CCCN(C)C)c2nc3cc4c(cc3s2)OCCO4)cc1. The molecule has 3 aromatic rings. The summed E-state index contributed by atoms with van der Waals surface area (Å²) in [4.78, 5) is 22.3. The summed E-state index contributed by atoms with van der Waals surface area (Å²) in [5.41, 5.74) is 1.10. The maximum Gasteiger partial charge on any atom is 0.260 e. The van der Waals surface area contributed by atoms with E-state index in [0.29, 0.717) is 42.0 Å². The Morgan fingerprint density at radius 1 is 0.950 bits per heavy atom. The Morgan fingerprint density at radius 3 is 2.17 bits per heavy atom. The number of anilines is 1. The summed E-state index contributed by atoms with van der Waals surface area (Å²) < 4.78 is 50.3. The first-order chi connectivity index (χ1) is 19.2. The number of carbonyl (C=O) groups excluding carboxylic acids is 1. The average Bonchev–Trinajstić information content (AvgIpc) is 3.36. The van der Waals surface area contributed by atoms with E-state index in [0.717, 1.165) is 23.2 Å². The van der Waals surface area contributed by atoms with Gasteiger partial charge in [0.05, 0.1) is 28.3 Å². The average molecular weight is 593 g/mol. The normalized spacial score (nSPS) is 13.3. The summed E-state index contributed by atoms with van der Waals surface area (Å²) in [5, 5.41) is 0.558. The van der Waals surface area contributed by atoms with Crippen LogP contribution in [0.15, 0.2) is 41.3 Å². The highest BCUT2D eigenvalue weighted by molar-refractivity contribution is 7.89. The lowest BCUT2D eigenvalue weighted by Gasteiger charge is -2.22. The van der Waals surface area contributed by atoms with Crippen LogP contribution in [0.4, 0.5) is 5.13 Å². The second-order valence-corrected chi connectivity index (χ2v) is 12.4. The minimum absolute atomic E-state index is 0.0981. The van der Waals surface area contributed by atoms with E-state index in [4.69, 9.17) is 23.9 Å². The Kier molecular flexibility index (Phi) is 10.3. The third-order valence-corrected chi connectivity index (χ3v) is 9.29. The molecule has 0 atom stereocenters. The van der Waals surface area contributed by atoms with Crippen molar-refractivity contribution in [1.29, 1.82) is 0 Å². The van der Waals surface area contributed by atoms with Gasteiger partial charge in [0.2, 0.25) is 10.0 Å². The Balaban J connectivity index is 1.60. The largest absolute Gasteiger partial charge is 0.486 e. The maximum absolute atomic E-state index is 13.8. The molecule has 0 saturated carbocycles. The molecule has 0 aliphatic carbocycles. The Bertz CT molecular complexity index is 1340. The second-order valence-electron chi connectivity index (χ2n) is 9.49. The topological polar surface area (TPSA) is 111 Å². The van der Waals surface area contributed by atoms with Gasteiger partial charge in [0.15, 0.2) is 16.6 Å². The lowest BCUT2D eigenvalue weighted by molar-refractivity contribution is 0.0986. The van der Waals surface area contributed by atoms with E-state index >= 15 is 0 Å². The monoisotopic (exact) mass is 592 g/mol. The fourth-order valence-electron chi connectivity index (χ4n) is 4.21. The lowest BCUT2D eigenvalue weighted by Crippen LogP contribution is -2.36. The lowest BCUT2D eigenvalue weighted by atomic mass is 10.2. The number of nitrogens with zero attached hydrogens (tertiary/aromatic N) is 4. The molecule has 0 bridgehead atoms. The van der Waals surface area contributed by atoms with Crippen LogP contribution in [0.2, 0.25) is 0 Å². The highest BCUT2D eigenvalue weighted by Gasteiger charge is 2.26. The number of sulfonamides is 1. The van der Waals surface area contributed by atoms with Gasteiger partial charge in [0.25, 0.3) is 5.91 Å². The first-order valence-corrected chi connectivity index (χ1v) is 15.2. The van der Waals surface area contributed by atoms with Crippen LogP contribution < -0.4 is 14.4 Å². The van der Waals surface area contributed by atoms with E-state index in [1.165, 1.54) is 42.0 Å². The number of hydrogen-bond acceptors (Lipinski definition) is 10. The molecule has 0 radical (unpaired) electrons. The summed E-state index contributed by atoms with van der Waals surface area (Å²) >= 11 is 1.41. The van der Waals surface area contributed by atoms with Crippen LogP contribution in [0.5, 0.6) is 11.5 Å². The van der Waals surface area contributed by atoms with Gasteiger partial charge in [-0.1, -0.05) is 11.3 Å². The van der Waals surface area contributed by atoms with Crippen molar-refractivity contribution in [1.82, 2.24) is 14.2 Å². The van der Waals surface area contributed by atoms with Gasteiger partial charge in [-0.2, -0.15) is 4.31 Å². The number of carbonyl (C=O) groups is 1. The predicted octanol–water partition coefficient (Wildman–Crippen LogP) is 2.95. The number of amides is 1. The first kappa shape index (κ1) is 30.2. The van der Waals surface area contributed by atoms with Gasteiger partial charge in [0.1, 0.15) is 13.2 Å². The zero-order valence-electron chi connectivity index (χ0n) is 23.3. The van der Waals surface area contributed by atoms with Crippen LogP contribution in [0.3, 0.4) is 0 Å². The highest BCUT2D eigenvalue weighted by Crippen LogP contribution is 2.39. The van der Waals surface area contributed by atoms with E-state index in [1.54, 1.807) is 17.0 Å². The molecule has 4 rings (SSSR count). The molecule has 13 heteroatoms. The molecule has 2 aromatic carbocycles. The number of hydrogen-bond donors (Lipinski definition) is 0. The molecular formula is C27H36N4O7S2. The van der Waals surface area contributed by atoms with Crippen LogP contribution in [0.1, 0.15) is 16.8 Å². The van der Waals surface area contributed by atoms with Crippen LogP contribution in [0, 0.1) is 0 Å². The summed E-state index contributed by atoms with van der Waals surface area (Å²) in [6.07, 6.45) is 0.734. The van der Waals surface area contributed by atoms with Crippen LogP contribution in [-0.2, 0) is 19.5 Å². The smallest absolute Gasteiger partial charge is 0.260 e. The van der Waals surface area contributed by atoms with Crippen molar-refractivity contribution in [2.75, 3.05) is 85.8 Å². The molecule has 2 heterocycles. The van der Waals surface area contributed by atoms with Crippen molar-refractivity contribution in [2.45, 2.75) is 11.3 Å². The Hall–Kier alpha value is -2.81. The standard InChI is InChI=1S/C27H36N4O7S2/c1-29(2)10-5-11-31(27-28-22-18-23-24(19-25(22)39-27)38-17-16-37-23)26(32)20-6-8-21(9-7-20)40(33,34)30(12-14-35-3)13-15-36-4/h6-9,18-19H,5,10-17H2,1-4H3. The molecule has 11 nitrogen and oxygen atoms in total. The highest BCUT2D eigenvalue weighted by atomic mass is 32.2. The Morgan fingerprint density at radius 2 is 1.57 bits per heavy atom. The third kappa shape index (κ3) is 7.09. The molecule has 0 unspecified atom stereocenters. The van der Waals surface area contributed by atoms with Crippen LogP contribution in [0.25, 0.3) is 10.2 Å². The van der Waals surface area contributed by atoms with Gasteiger partial charge < -0.3 is 23.8 Å². The van der Waals surface area contributed by atoms with Crippen molar-refractivity contribution in [3.8, 4) is 11.5 Å². The van der Waals surface area contributed by atoms with Gasteiger partial charge in [-0.3, -0.25) is 9.69 Å². The van der Waals surface area contributed by atoms with E-state index in [9.17, 15) is 13.2 Å². The van der Waals surface area contributed by atoms with Crippen molar-refractivity contribution < 1.29 is 32.2 Å². The first-order valence-electron chi connectivity index (χ1n) is 13.0. The molecule has 1 aromatic heterocycles. The summed E-state index contributed by atoms with van der Waals surface area (Å²) in [6.45, 7) is 3.11. The van der Waals surface area contributed by atoms with E-state index in [-0.39, 0.29) is 37.1 Å². The van der Waals surface area contributed by atoms with E-state index in [2.05, 4.69) is 4.90 Å². The second kappa shape index (κ2) is 13.7. The number of rotatable bonds is 14. The van der Waals surface area contributed by atoms with Gasteiger partial charge in [0, 0.05) is 51.6 Å². The quantitative estimate of drug-likeness (QED) is 0.279. The summed E-state index contributed by atoms with van der Waals surface area (Å²) in [7, 11) is 3.21. The van der Waals surface area contributed by atoms with Gasteiger partial charge in [-0.15, -0.1) is 0 Å².